The number of sulfone groups is 1. The Balaban J connectivity index is 1.57. The normalized spacial score (nSPS) is 11.5. The van der Waals surface area contributed by atoms with E-state index in [1.807, 2.05) is 24.3 Å². The molecule has 1 aromatic heterocycles. The second-order valence-electron chi connectivity index (χ2n) is 6.52. The Morgan fingerprint density at radius 1 is 1.00 bits per heavy atom. The number of halogens is 1. The standard InChI is InChI=1S/C21H16FN3O3S/c1-29(27,28)18-8-4-5-15(19(18)22)21(26)23-14-11-9-13(10-12-14)20-24-16-6-2-3-7-17(16)25-20/h2-12H,1H3,(H,23,26)(H,24,25). The zero-order valence-corrected chi connectivity index (χ0v) is 16.1. The highest BCUT2D eigenvalue weighted by molar-refractivity contribution is 7.90. The number of nitrogens with zero attached hydrogens (tertiary/aromatic N) is 1. The maximum atomic E-state index is 14.5. The molecule has 0 unspecified atom stereocenters. The van der Waals surface area contributed by atoms with Crippen LogP contribution in [0.2, 0.25) is 0 Å². The van der Waals surface area contributed by atoms with Gasteiger partial charge >= 0.3 is 0 Å². The lowest BCUT2D eigenvalue weighted by Gasteiger charge is -2.09. The van der Waals surface area contributed by atoms with Crippen molar-refractivity contribution in [1.82, 2.24) is 9.97 Å². The second-order valence-corrected chi connectivity index (χ2v) is 8.51. The van der Waals surface area contributed by atoms with E-state index in [0.29, 0.717) is 11.5 Å². The number of nitrogens with one attached hydrogen (secondary N) is 2. The van der Waals surface area contributed by atoms with Gasteiger partial charge in [0.2, 0.25) is 0 Å². The van der Waals surface area contributed by atoms with Crippen LogP contribution >= 0.6 is 0 Å². The van der Waals surface area contributed by atoms with Crippen LogP contribution in [0, 0.1) is 5.82 Å². The summed E-state index contributed by atoms with van der Waals surface area (Å²) in [7, 11) is -3.78. The van der Waals surface area contributed by atoms with Gasteiger partial charge in [0.15, 0.2) is 15.7 Å². The van der Waals surface area contributed by atoms with Gasteiger partial charge in [0.25, 0.3) is 5.91 Å². The number of carbonyl (C=O) groups excluding carboxylic acids is 1. The molecule has 29 heavy (non-hydrogen) atoms. The van der Waals surface area contributed by atoms with Gasteiger partial charge in [-0.3, -0.25) is 4.79 Å². The molecule has 8 heteroatoms. The molecule has 0 aliphatic carbocycles. The molecule has 146 valence electrons. The van der Waals surface area contributed by atoms with E-state index in [-0.39, 0.29) is 5.56 Å². The first-order chi connectivity index (χ1) is 13.8. The van der Waals surface area contributed by atoms with E-state index in [0.717, 1.165) is 28.9 Å². The van der Waals surface area contributed by atoms with E-state index < -0.39 is 26.5 Å². The number of benzene rings is 3. The number of anilines is 1. The van der Waals surface area contributed by atoms with Crippen molar-refractivity contribution in [1.29, 1.82) is 0 Å². The molecule has 3 aromatic carbocycles. The number of aromatic amines is 1. The van der Waals surface area contributed by atoms with Crippen molar-refractivity contribution < 1.29 is 17.6 Å². The minimum atomic E-state index is -3.78. The maximum absolute atomic E-state index is 14.5. The van der Waals surface area contributed by atoms with E-state index in [4.69, 9.17) is 0 Å². The number of H-pyrrole nitrogens is 1. The quantitative estimate of drug-likeness (QED) is 0.532. The van der Waals surface area contributed by atoms with Gasteiger partial charge in [0, 0.05) is 17.5 Å². The molecular weight excluding hydrogens is 393 g/mol. The Morgan fingerprint density at radius 3 is 2.41 bits per heavy atom. The van der Waals surface area contributed by atoms with Crippen LogP contribution in [0.5, 0.6) is 0 Å². The summed E-state index contributed by atoms with van der Waals surface area (Å²) in [4.78, 5) is 19.6. The third-order valence-corrected chi connectivity index (χ3v) is 5.53. The summed E-state index contributed by atoms with van der Waals surface area (Å²) >= 11 is 0. The van der Waals surface area contributed by atoms with Gasteiger partial charge in [-0.15, -0.1) is 0 Å². The first-order valence-corrected chi connectivity index (χ1v) is 10.6. The van der Waals surface area contributed by atoms with Gasteiger partial charge in [-0.25, -0.2) is 17.8 Å². The molecule has 1 heterocycles. The van der Waals surface area contributed by atoms with Crippen molar-refractivity contribution in [2.75, 3.05) is 11.6 Å². The lowest BCUT2D eigenvalue weighted by molar-refractivity contribution is 0.102. The fraction of sp³-hybridized carbons (Fsp3) is 0.0476. The van der Waals surface area contributed by atoms with Gasteiger partial charge in [-0.1, -0.05) is 18.2 Å². The molecule has 0 saturated heterocycles. The molecule has 0 radical (unpaired) electrons. The number of rotatable bonds is 4. The molecule has 0 aliphatic rings. The van der Waals surface area contributed by atoms with Crippen molar-refractivity contribution in [2.45, 2.75) is 4.90 Å². The fourth-order valence-electron chi connectivity index (χ4n) is 2.97. The molecule has 0 atom stereocenters. The average Bonchev–Trinajstić information content (AvgIpc) is 3.12. The van der Waals surface area contributed by atoms with Crippen molar-refractivity contribution in [2.24, 2.45) is 0 Å². The highest BCUT2D eigenvalue weighted by Gasteiger charge is 2.20. The first kappa shape index (κ1) is 18.8. The predicted molar refractivity (Wildman–Crippen MR) is 109 cm³/mol. The van der Waals surface area contributed by atoms with Crippen molar-refractivity contribution in [3.63, 3.8) is 0 Å². The monoisotopic (exact) mass is 409 g/mol. The number of para-hydroxylation sites is 2. The predicted octanol–water partition coefficient (Wildman–Crippen LogP) is 4.02. The van der Waals surface area contributed by atoms with E-state index in [2.05, 4.69) is 15.3 Å². The topological polar surface area (TPSA) is 91.9 Å². The summed E-state index contributed by atoms with van der Waals surface area (Å²) in [5.74, 6) is -1.10. The minimum absolute atomic E-state index is 0.339. The van der Waals surface area contributed by atoms with E-state index in [1.54, 1.807) is 24.3 Å². The van der Waals surface area contributed by atoms with E-state index >= 15 is 0 Å². The second kappa shape index (κ2) is 7.14. The Labute approximate surface area is 166 Å². The third kappa shape index (κ3) is 3.74. The number of aromatic nitrogens is 2. The Hall–Kier alpha value is -3.52. The first-order valence-electron chi connectivity index (χ1n) is 8.68. The number of fused-ring (bicyclic) bond motifs is 1. The van der Waals surface area contributed by atoms with Gasteiger partial charge in [0.1, 0.15) is 10.7 Å². The van der Waals surface area contributed by atoms with Crippen LogP contribution in [0.25, 0.3) is 22.4 Å². The molecule has 0 fully saturated rings. The molecule has 0 spiro atoms. The zero-order valence-electron chi connectivity index (χ0n) is 15.3. The minimum Gasteiger partial charge on any atom is -0.338 e. The Morgan fingerprint density at radius 2 is 1.72 bits per heavy atom. The maximum Gasteiger partial charge on any atom is 0.258 e. The van der Waals surface area contributed by atoms with Crippen molar-refractivity contribution >= 4 is 32.5 Å². The largest absolute Gasteiger partial charge is 0.338 e. The van der Waals surface area contributed by atoms with Crippen LogP contribution in [0.3, 0.4) is 0 Å². The molecule has 4 aromatic rings. The summed E-state index contributed by atoms with van der Waals surface area (Å²) in [6, 6.07) is 18.2. The molecule has 6 nitrogen and oxygen atoms in total. The number of hydrogen-bond acceptors (Lipinski definition) is 4. The summed E-state index contributed by atoms with van der Waals surface area (Å²) in [5, 5.41) is 2.58. The van der Waals surface area contributed by atoms with Crippen LogP contribution in [0.4, 0.5) is 10.1 Å². The fourth-order valence-corrected chi connectivity index (χ4v) is 3.73. The summed E-state index contributed by atoms with van der Waals surface area (Å²) in [6.07, 6.45) is 0.893. The number of imidazole rings is 1. The molecule has 0 bridgehead atoms. The lowest BCUT2D eigenvalue weighted by Crippen LogP contribution is -2.15. The van der Waals surface area contributed by atoms with E-state index in [1.165, 1.54) is 12.1 Å². The average molecular weight is 409 g/mol. The van der Waals surface area contributed by atoms with Gasteiger partial charge < -0.3 is 10.3 Å². The Kier molecular flexibility index (Phi) is 4.63. The number of amides is 1. The van der Waals surface area contributed by atoms with Crippen LogP contribution in [0.1, 0.15) is 10.4 Å². The summed E-state index contributed by atoms with van der Waals surface area (Å²) in [5.41, 5.74) is 2.69. The molecule has 0 saturated carbocycles. The summed E-state index contributed by atoms with van der Waals surface area (Å²) in [6.45, 7) is 0. The van der Waals surface area contributed by atoms with Crippen molar-refractivity contribution in [3.8, 4) is 11.4 Å². The molecule has 0 aliphatic heterocycles. The van der Waals surface area contributed by atoms with Crippen LogP contribution in [0.15, 0.2) is 71.6 Å². The van der Waals surface area contributed by atoms with Crippen LogP contribution in [-0.4, -0.2) is 30.5 Å². The van der Waals surface area contributed by atoms with Crippen LogP contribution < -0.4 is 5.32 Å². The third-order valence-electron chi connectivity index (χ3n) is 4.41. The lowest BCUT2D eigenvalue weighted by atomic mass is 10.1. The van der Waals surface area contributed by atoms with Gasteiger partial charge in [-0.05, 0) is 48.5 Å². The van der Waals surface area contributed by atoms with Gasteiger partial charge in [0.05, 0.1) is 16.6 Å². The summed E-state index contributed by atoms with van der Waals surface area (Å²) < 4.78 is 37.7. The zero-order chi connectivity index (χ0) is 20.6. The van der Waals surface area contributed by atoms with Crippen molar-refractivity contribution in [3.05, 3.63) is 78.1 Å². The highest BCUT2D eigenvalue weighted by atomic mass is 32.2. The van der Waals surface area contributed by atoms with Crippen LogP contribution in [-0.2, 0) is 9.84 Å². The Bertz CT molecular complexity index is 1300. The molecule has 1 amide bonds. The number of hydrogen-bond donors (Lipinski definition) is 2. The SMILES string of the molecule is CS(=O)(=O)c1cccc(C(=O)Nc2ccc(-c3nc4ccccc4[nH]3)cc2)c1F. The van der Waals surface area contributed by atoms with Gasteiger partial charge in [-0.2, -0.15) is 0 Å². The van der Waals surface area contributed by atoms with E-state index in [9.17, 15) is 17.6 Å². The highest BCUT2D eigenvalue weighted by Crippen LogP contribution is 2.23. The smallest absolute Gasteiger partial charge is 0.258 e. The molecular formula is C21H16FN3O3S. The molecule has 4 rings (SSSR count). The molecule has 2 N–H and O–H groups in total. The number of carbonyl (C=O) groups is 1.